The van der Waals surface area contributed by atoms with Crippen LogP contribution in [-0.2, 0) is 20.7 Å². The molecule has 0 radical (unpaired) electrons. The topological polar surface area (TPSA) is 55.7 Å². The third-order valence-corrected chi connectivity index (χ3v) is 5.86. The molecular formula is C26H22ClNO3. The number of hydrogen-bond acceptors (Lipinski definition) is 4. The Labute approximate surface area is 186 Å². The van der Waals surface area contributed by atoms with Crippen LogP contribution < -0.4 is 0 Å². The first-order chi connectivity index (χ1) is 15.0. The summed E-state index contributed by atoms with van der Waals surface area (Å²) in [5.41, 5.74) is 1.09. The first-order valence-electron chi connectivity index (χ1n) is 10.1. The molecule has 31 heavy (non-hydrogen) atoms. The van der Waals surface area contributed by atoms with Gasteiger partial charge in [0.05, 0.1) is 10.6 Å². The van der Waals surface area contributed by atoms with Gasteiger partial charge in [0.15, 0.2) is 5.54 Å². The Balaban J connectivity index is 1.90. The van der Waals surface area contributed by atoms with Crippen molar-refractivity contribution in [3.8, 4) is 0 Å². The van der Waals surface area contributed by atoms with Crippen LogP contribution in [0.15, 0.2) is 89.9 Å². The molecule has 0 saturated heterocycles. The molecule has 4 rings (SSSR count). The number of esters is 1. The van der Waals surface area contributed by atoms with Gasteiger partial charge in [-0.05, 0) is 30.2 Å². The zero-order valence-corrected chi connectivity index (χ0v) is 17.9. The van der Waals surface area contributed by atoms with Crippen LogP contribution in [0.3, 0.4) is 0 Å². The van der Waals surface area contributed by atoms with Crippen LogP contribution in [0.2, 0.25) is 5.02 Å². The molecular weight excluding hydrogens is 410 g/mol. The average Bonchev–Trinajstić information content (AvgIpc) is 3.10. The molecule has 3 aromatic rings. The minimum absolute atomic E-state index is 0.0181. The molecule has 1 aliphatic heterocycles. The molecule has 3 aromatic carbocycles. The minimum atomic E-state index is -1.27. The lowest BCUT2D eigenvalue weighted by Gasteiger charge is -2.31. The van der Waals surface area contributed by atoms with Gasteiger partial charge in [-0.25, -0.2) is 9.79 Å². The number of rotatable bonds is 7. The summed E-state index contributed by atoms with van der Waals surface area (Å²) in [6.45, 7) is 1.53. The maximum atomic E-state index is 13.5. The highest BCUT2D eigenvalue weighted by atomic mass is 35.5. The number of hydrogen-bond donors (Lipinski definition) is 0. The predicted octanol–water partition coefficient (Wildman–Crippen LogP) is 5.39. The lowest BCUT2D eigenvalue weighted by atomic mass is 9.73. The number of carbonyl (C=O) groups excluding carboxylic acids is 2. The van der Waals surface area contributed by atoms with Gasteiger partial charge in [0.2, 0.25) is 5.90 Å². The molecule has 0 aliphatic carbocycles. The van der Waals surface area contributed by atoms with Gasteiger partial charge in [-0.15, -0.1) is 0 Å². The number of carbonyl (C=O) groups is 2. The molecule has 156 valence electrons. The maximum absolute atomic E-state index is 13.5. The lowest BCUT2D eigenvalue weighted by molar-refractivity contribution is -0.140. The van der Waals surface area contributed by atoms with Gasteiger partial charge in [-0.2, -0.15) is 0 Å². The molecule has 0 fully saturated rings. The Bertz CT molecular complexity index is 1130. The van der Waals surface area contributed by atoms with Gasteiger partial charge in [-0.1, -0.05) is 84.4 Å². The quantitative estimate of drug-likeness (QED) is 0.471. The van der Waals surface area contributed by atoms with Crippen molar-refractivity contribution in [3.63, 3.8) is 0 Å². The van der Waals surface area contributed by atoms with Crippen molar-refractivity contribution in [1.82, 2.24) is 0 Å². The first kappa shape index (κ1) is 21.0. The molecule has 0 aromatic heterocycles. The molecule has 1 aliphatic rings. The Morgan fingerprint density at radius 3 is 2.23 bits per heavy atom. The number of benzene rings is 3. The van der Waals surface area contributed by atoms with Crippen LogP contribution in [0.25, 0.3) is 0 Å². The Morgan fingerprint density at radius 2 is 1.58 bits per heavy atom. The predicted molar refractivity (Wildman–Crippen MR) is 121 cm³/mol. The summed E-state index contributed by atoms with van der Waals surface area (Å²) in [5, 5.41) is 0.451. The van der Waals surface area contributed by atoms with Crippen LogP contribution in [0.1, 0.15) is 36.0 Å². The molecule has 5 heteroatoms. The summed E-state index contributed by atoms with van der Waals surface area (Å²) in [7, 11) is 0. The monoisotopic (exact) mass is 431 g/mol. The van der Waals surface area contributed by atoms with Gasteiger partial charge < -0.3 is 9.53 Å². The number of halogens is 1. The van der Waals surface area contributed by atoms with Crippen molar-refractivity contribution < 1.29 is 14.3 Å². The van der Waals surface area contributed by atoms with E-state index in [4.69, 9.17) is 21.3 Å². The van der Waals surface area contributed by atoms with E-state index in [-0.39, 0.29) is 18.1 Å². The summed E-state index contributed by atoms with van der Waals surface area (Å²) in [6.07, 6.45) is 0.485. The molecule has 0 saturated carbocycles. The summed E-state index contributed by atoms with van der Waals surface area (Å²) < 4.78 is 5.72. The second-order valence-electron chi connectivity index (χ2n) is 7.74. The highest BCUT2D eigenvalue weighted by Crippen LogP contribution is 2.42. The fourth-order valence-corrected chi connectivity index (χ4v) is 4.29. The standard InChI is InChI=1S/C26H22ClNO3/c1-18(29)16-22(20-12-6-3-7-13-20)26(17-19-10-4-2-5-11-19)25(30)31-24(28-26)21-14-8-9-15-23(21)27/h2-15,22H,16-17H2,1H3/t22-,26-/m1/s1. The molecule has 0 N–H and O–H groups in total. The van der Waals surface area contributed by atoms with E-state index >= 15 is 0 Å². The van der Waals surface area contributed by atoms with Gasteiger partial charge in [0.25, 0.3) is 0 Å². The fraction of sp³-hybridized carbons (Fsp3) is 0.192. The van der Waals surface area contributed by atoms with E-state index in [1.807, 2.05) is 72.8 Å². The van der Waals surface area contributed by atoms with Gasteiger partial charge in [0.1, 0.15) is 5.78 Å². The van der Waals surface area contributed by atoms with E-state index in [0.717, 1.165) is 11.1 Å². The SMILES string of the molecule is CC(=O)C[C@H](c1ccccc1)[C@@]1(Cc2ccccc2)N=C(c2ccccc2Cl)OC1=O. The Kier molecular flexibility index (Phi) is 6.01. The molecule has 4 nitrogen and oxygen atoms in total. The van der Waals surface area contributed by atoms with Crippen molar-refractivity contribution in [3.05, 3.63) is 107 Å². The van der Waals surface area contributed by atoms with Crippen molar-refractivity contribution >= 4 is 29.3 Å². The number of aliphatic imine (C=N–C) groups is 1. The van der Waals surface area contributed by atoms with Crippen molar-refractivity contribution in [2.75, 3.05) is 0 Å². The molecule has 0 amide bonds. The lowest BCUT2D eigenvalue weighted by Crippen LogP contribution is -2.43. The van der Waals surface area contributed by atoms with Gasteiger partial charge >= 0.3 is 5.97 Å². The molecule has 0 bridgehead atoms. The summed E-state index contributed by atoms with van der Waals surface area (Å²) in [6, 6.07) is 26.4. The number of nitrogens with zero attached hydrogens (tertiary/aromatic N) is 1. The van der Waals surface area contributed by atoms with Gasteiger partial charge in [-0.3, -0.25) is 0 Å². The number of cyclic esters (lactones) is 1. The van der Waals surface area contributed by atoms with Crippen molar-refractivity contribution in [2.24, 2.45) is 4.99 Å². The van der Waals surface area contributed by atoms with Crippen LogP contribution in [0.5, 0.6) is 0 Å². The first-order valence-corrected chi connectivity index (χ1v) is 10.5. The molecule has 1 heterocycles. The Hall–Kier alpha value is -3.24. The molecule has 0 unspecified atom stereocenters. The largest absolute Gasteiger partial charge is 0.405 e. The van der Waals surface area contributed by atoms with Crippen molar-refractivity contribution in [1.29, 1.82) is 0 Å². The van der Waals surface area contributed by atoms with E-state index in [9.17, 15) is 9.59 Å². The van der Waals surface area contributed by atoms with Crippen LogP contribution >= 0.6 is 11.6 Å². The zero-order valence-electron chi connectivity index (χ0n) is 17.1. The molecule has 2 atom stereocenters. The average molecular weight is 432 g/mol. The maximum Gasteiger partial charge on any atom is 0.341 e. The van der Waals surface area contributed by atoms with E-state index in [1.165, 1.54) is 6.92 Å². The highest BCUT2D eigenvalue weighted by Gasteiger charge is 2.53. The summed E-state index contributed by atoms with van der Waals surface area (Å²) >= 11 is 6.36. The van der Waals surface area contributed by atoms with Crippen LogP contribution in [0.4, 0.5) is 0 Å². The number of Topliss-reactive ketones (excluding diaryl/α,β-unsaturated/α-hetero) is 1. The van der Waals surface area contributed by atoms with Crippen LogP contribution in [0, 0.1) is 0 Å². The Morgan fingerprint density at radius 1 is 0.968 bits per heavy atom. The smallest absolute Gasteiger partial charge is 0.341 e. The second kappa shape index (κ2) is 8.86. The normalized spacial score (nSPS) is 18.9. The fourth-order valence-electron chi connectivity index (χ4n) is 4.07. The third-order valence-electron chi connectivity index (χ3n) is 5.53. The number of ketones is 1. The third kappa shape index (κ3) is 4.30. The van der Waals surface area contributed by atoms with E-state index in [0.29, 0.717) is 17.0 Å². The minimum Gasteiger partial charge on any atom is -0.405 e. The van der Waals surface area contributed by atoms with Crippen LogP contribution in [-0.4, -0.2) is 23.2 Å². The summed E-state index contributed by atoms with van der Waals surface area (Å²) in [5.74, 6) is -0.772. The summed E-state index contributed by atoms with van der Waals surface area (Å²) in [4.78, 5) is 30.6. The highest BCUT2D eigenvalue weighted by molar-refractivity contribution is 6.34. The van der Waals surface area contributed by atoms with Gasteiger partial charge in [0, 0.05) is 18.8 Å². The van der Waals surface area contributed by atoms with Crippen molar-refractivity contribution in [2.45, 2.75) is 31.2 Å². The van der Waals surface area contributed by atoms with E-state index in [2.05, 4.69) is 0 Å². The second-order valence-corrected chi connectivity index (χ2v) is 8.15. The van der Waals surface area contributed by atoms with E-state index in [1.54, 1.807) is 12.1 Å². The zero-order chi connectivity index (χ0) is 21.8. The molecule has 0 spiro atoms. The van der Waals surface area contributed by atoms with E-state index < -0.39 is 17.4 Å². The number of ether oxygens (including phenoxy) is 1.